The molecule has 102 valence electrons. The van der Waals surface area contributed by atoms with Crippen LogP contribution in [0.1, 0.15) is 18.5 Å². The number of rotatable bonds is 6. The third-order valence-electron chi connectivity index (χ3n) is 3.14. The lowest BCUT2D eigenvalue weighted by molar-refractivity contribution is 0.0908. The second-order valence-electron chi connectivity index (χ2n) is 4.39. The molecule has 0 aromatic heterocycles. The van der Waals surface area contributed by atoms with Crippen molar-refractivity contribution in [2.75, 3.05) is 27.3 Å². The Bertz CT molecular complexity index is 389. The van der Waals surface area contributed by atoms with Crippen LogP contribution in [0.25, 0.3) is 0 Å². The molecule has 2 unspecified atom stereocenters. The first kappa shape index (κ1) is 15.9. The van der Waals surface area contributed by atoms with Gasteiger partial charge in [-0.15, -0.1) is 0 Å². The zero-order valence-corrected chi connectivity index (χ0v) is 13.3. The molecule has 0 fully saturated rings. The van der Waals surface area contributed by atoms with Crippen molar-refractivity contribution in [1.29, 1.82) is 0 Å². The van der Waals surface area contributed by atoms with Gasteiger partial charge in [0.15, 0.2) is 0 Å². The van der Waals surface area contributed by atoms with E-state index in [4.69, 9.17) is 22.1 Å². The van der Waals surface area contributed by atoms with Crippen LogP contribution in [0.2, 0.25) is 5.02 Å². The zero-order chi connectivity index (χ0) is 13.7. The minimum atomic E-state index is 0.114. The number of methoxy groups -OCH3 is 1. The van der Waals surface area contributed by atoms with Crippen LogP contribution >= 0.6 is 27.5 Å². The average molecular weight is 336 g/mol. The van der Waals surface area contributed by atoms with Crippen LogP contribution < -0.4 is 5.73 Å². The Morgan fingerprint density at radius 2 is 2.17 bits per heavy atom. The summed E-state index contributed by atoms with van der Waals surface area (Å²) >= 11 is 9.61. The minimum absolute atomic E-state index is 0.114. The van der Waals surface area contributed by atoms with E-state index in [1.807, 2.05) is 18.2 Å². The van der Waals surface area contributed by atoms with Crippen LogP contribution in [-0.4, -0.2) is 38.3 Å². The fraction of sp³-hybridized carbons (Fsp3) is 0.538. The van der Waals surface area contributed by atoms with Gasteiger partial charge in [-0.1, -0.05) is 27.5 Å². The molecular weight excluding hydrogens is 316 g/mol. The van der Waals surface area contributed by atoms with Crippen molar-refractivity contribution in [2.45, 2.75) is 19.0 Å². The molecule has 1 rings (SSSR count). The summed E-state index contributed by atoms with van der Waals surface area (Å²) in [6, 6.07) is 6.17. The molecule has 0 aliphatic heterocycles. The third-order valence-corrected chi connectivity index (χ3v) is 4.09. The van der Waals surface area contributed by atoms with Gasteiger partial charge in [-0.3, -0.25) is 4.90 Å². The van der Waals surface area contributed by atoms with Crippen molar-refractivity contribution in [3.05, 3.63) is 33.3 Å². The van der Waals surface area contributed by atoms with Gasteiger partial charge in [0.05, 0.1) is 6.61 Å². The number of ether oxygens (including phenoxy) is 1. The number of hydrogen-bond acceptors (Lipinski definition) is 3. The highest BCUT2D eigenvalue weighted by molar-refractivity contribution is 9.10. The van der Waals surface area contributed by atoms with E-state index in [2.05, 4.69) is 34.8 Å². The van der Waals surface area contributed by atoms with E-state index in [0.717, 1.165) is 15.1 Å². The maximum Gasteiger partial charge on any atom is 0.0615 e. The van der Waals surface area contributed by atoms with E-state index in [0.29, 0.717) is 13.2 Å². The summed E-state index contributed by atoms with van der Waals surface area (Å²) in [6.45, 7) is 3.32. The number of halogens is 2. The predicted molar refractivity (Wildman–Crippen MR) is 80.0 cm³/mol. The van der Waals surface area contributed by atoms with Gasteiger partial charge in [-0.05, 0) is 37.7 Å². The molecule has 18 heavy (non-hydrogen) atoms. The van der Waals surface area contributed by atoms with Crippen LogP contribution in [0, 0.1) is 0 Å². The summed E-state index contributed by atoms with van der Waals surface area (Å²) in [5.74, 6) is 0. The molecule has 1 aromatic rings. The molecule has 2 atom stereocenters. The molecule has 0 spiro atoms. The van der Waals surface area contributed by atoms with Gasteiger partial charge in [-0.25, -0.2) is 0 Å². The summed E-state index contributed by atoms with van der Waals surface area (Å²) in [5, 5.41) is 0.722. The second-order valence-corrected chi connectivity index (χ2v) is 5.68. The van der Waals surface area contributed by atoms with Crippen LogP contribution in [0.15, 0.2) is 22.7 Å². The van der Waals surface area contributed by atoms with Gasteiger partial charge in [0.25, 0.3) is 0 Å². The first-order valence-corrected chi connectivity index (χ1v) is 7.04. The van der Waals surface area contributed by atoms with Crippen molar-refractivity contribution in [3.63, 3.8) is 0 Å². The lowest BCUT2D eigenvalue weighted by atomic mass is 10.0. The number of nitrogens with two attached hydrogens (primary N) is 1. The fourth-order valence-corrected chi connectivity index (χ4v) is 2.64. The average Bonchev–Trinajstić information content (AvgIpc) is 2.34. The molecule has 0 bridgehead atoms. The summed E-state index contributed by atoms with van der Waals surface area (Å²) in [4.78, 5) is 2.21. The monoisotopic (exact) mass is 334 g/mol. The quantitative estimate of drug-likeness (QED) is 0.868. The summed E-state index contributed by atoms with van der Waals surface area (Å²) in [7, 11) is 3.76. The van der Waals surface area contributed by atoms with Gasteiger partial charge >= 0.3 is 0 Å². The maximum absolute atomic E-state index is 6.06. The predicted octanol–water partition coefficient (Wildman–Crippen LogP) is 3.07. The van der Waals surface area contributed by atoms with E-state index < -0.39 is 0 Å². The zero-order valence-electron chi connectivity index (χ0n) is 11.0. The van der Waals surface area contributed by atoms with Gasteiger partial charge in [0, 0.05) is 35.2 Å². The van der Waals surface area contributed by atoms with E-state index in [1.54, 1.807) is 7.11 Å². The van der Waals surface area contributed by atoms with Crippen LogP contribution in [-0.2, 0) is 4.74 Å². The summed E-state index contributed by atoms with van der Waals surface area (Å²) in [6.07, 6.45) is 0. The maximum atomic E-state index is 6.06. The normalized spacial score (nSPS) is 14.8. The number of likely N-dealkylation sites (N-methyl/N-ethyl adjacent to an activating group) is 1. The Hall–Kier alpha value is -0.130. The Morgan fingerprint density at radius 1 is 1.50 bits per heavy atom. The number of hydrogen-bond donors (Lipinski definition) is 1. The van der Waals surface area contributed by atoms with E-state index in [1.165, 1.54) is 0 Å². The standard InChI is InChI=1S/C13H20BrClN2O/c1-9(8-18-3)17(2)13(7-16)11-6-10(15)4-5-12(11)14/h4-6,9,13H,7-8,16H2,1-3H3. The van der Waals surface area contributed by atoms with E-state index >= 15 is 0 Å². The molecule has 0 aliphatic carbocycles. The largest absolute Gasteiger partial charge is 0.383 e. The van der Waals surface area contributed by atoms with Crippen LogP contribution in [0.4, 0.5) is 0 Å². The van der Waals surface area contributed by atoms with Gasteiger partial charge in [0.1, 0.15) is 0 Å². The fourth-order valence-electron chi connectivity index (χ4n) is 1.95. The lowest BCUT2D eigenvalue weighted by Gasteiger charge is -2.33. The smallest absolute Gasteiger partial charge is 0.0615 e. The molecule has 1 aromatic carbocycles. The summed E-state index contributed by atoms with van der Waals surface area (Å²) in [5.41, 5.74) is 7.02. The molecule has 3 nitrogen and oxygen atoms in total. The molecule has 0 radical (unpaired) electrons. The first-order valence-electron chi connectivity index (χ1n) is 5.87. The van der Waals surface area contributed by atoms with E-state index in [-0.39, 0.29) is 12.1 Å². The van der Waals surface area contributed by atoms with Crippen molar-refractivity contribution >= 4 is 27.5 Å². The first-order chi connectivity index (χ1) is 8.51. The molecule has 0 aliphatic rings. The van der Waals surface area contributed by atoms with Crippen LogP contribution in [0.3, 0.4) is 0 Å². The Balaban J connectivity index is 2.98. The van der Waals surface area contributed by atoms with Gasteiger partial charge in [-0.2, -0.15) is 0 Å². The highest BCUT2D eigenvalue weighted by Crippen LogP contribution is 2.30. The number of benzene rings is 1. The molecular formula is C13H20BrClN2O. The Labute approximate surface area is 122 Å². The molecule has 0 heterocycles. The van der Waals surface area contributed by atoms with Crippen molar-refractivity contribution in [1.82, 2.24) is 4.90 Å². The SMILES string of the molecule is COCC(C)N(C)C(CN)c1cc(Cl)ccc1Br. The van der Waals surface area contributed by atoms with Crippen molar-refractivity contribution < 1.29 is 4.74 Å². The molecule has 0 saturated heterocycles. The topological polar surface area (TPSA) is 38.5 Å². The molecule has 2 N–H and O–H groups in total. The minimum Gasteiger partial charge on any atom is -0.383 e. The van der Waals surface area contributed by atoms with Crippen molar-refractivity contribution in [3.8, 4) is 0 Å². The van der Waals surface area contributed by atoms with Gasteiger partial charge < -0.3 is 10.5 Å². The third kappa shape index (κ3) is 3.93. The van der Waals surface area contributed by atoms with Crippen LogP contribution in [0.5, 0.6) is 0 Å². The van der Waals surface area contributed by atoms with Gasteiger partial charge in [0.2, 0.25) is 0 Å². The van der Waals surface area contributed by atoms with Crippen molar-refractivity contribution in [2.24, 2.45) is 5.73 Å². The molecule has 5 heteroatoms. The second kappa shape index (κ2) is 7.46. The highest BCUT2D eigenvalue weighted by atomic mass is 79.9. The molecule has 0 saturated carbocycles. The number of nitrogens with zero attached hydrogens (tertiary/aromatic N) is 1. The summed E-state index contributed by atoms with van der Waals surface area (Å²) < 4.78 is 6.22. The highest BCUT2D eigenvalue weighted by Gasteiger charge is 2.22. The molecule has 0 amide bonds. The Kier molecular flexibility index (Phi) is 6.60. The van der Waals surface area contributed by atoms with E-state index in [9.17, 15) is 0 Å². The lowest BCUT2D eigenvalue weighted by Crippen LogP contribution is -2.39. The Morgan fingerprint density at radius 3 is 2.72 bits per heavy atom.